The molecular weight excluding hydrogens is 224 g/mol. The van der Waals surface area contributed by atoms with Gasteiger partial charge >= 0.3 is 0 Å². The minimum Gasteiger partial charge on any atom is -0.329 e. The van der Waals surface area contributed by atoms with E-state index in [-0.39, 0.29) is 17.7 Å². The molecule has 0 bridgehead atoms. The minimum absolute atomic E-state index is 0.103. The molecule has 0 saturated carbocycles. The predicted octanol–water partition coefficient (Wildman–Crippen LogP) is 1.47. The molecule has 0 saturated heterocycles. The highest BCUT2D eigenvalue weighted by Gasteiger charge is 2.18. The van der Waals surface area contributed by atoms with Gasteiger partial charge in [0.05, 0.1) is 5.75 Å². The van der Waals surface area contributed by atoms with E-state index in [0.717, 1.165) is 25.7 Å². The zero-order valence-electron chi connectivity index (χ0n) is 10.7. The number of sulfonamides is 1. The van der Waals surface area contributed by atoms with Crippen molar-refractivity contribution in [3.8, 4) is 0 Å². The van der Waals surface area contributed by atoms with Crippen molar-refractivity contribution in [3.05, 3.63) is 0 Å². The summed E-state index contributed by atoms with van der Waals surface area (Å²) in [6, 6.07) is -0.103. The molecule has 98 valence electrons. The first-order valence-corrected chi connectivity index (χ1v) is 7.80. The molecule has 0 aromatic carbocycles. The van der Waals surface area contributed by atoms with Crippen molar-refractivity contribution in [1.82, 2.24) is 4.72 Å². The first-order chi connectivity index (χ1) is 7.45. The number of unbranched alkanes of at least 4 members (excludes halogenated alkanes) is 1. The fourth-order valence-corrected chi connectivity index (χ4v) is 3.27. The summed E-state index contributed by atoms with van der Waals surface area (Å²) >= 11 is 0. The van der Waals surface area contributed by atoms with Crippen molar-refractivity contribution >= 4 is 10.0 Å². The Morgan fingerprint density at radius 1 is 1.31 bits per heavy atom. The van der Waals surface area contributed by atoms with Gasteiger partial charge in [0.25, 0.3) is 0 Å². The van der Waals surface area contributed by atoms with Crippen LogP contribution < -0.4 is 10.5 Å². The molecule has 0 fully saturated rings. The molecule has 0 heterocycles. The maximum Gasteiger partial charge on any atom is 0.212 e. The van der Waals surface area contributed by atoms with Crippen LogP contribution in [0.1, 0.15) is 46.5 Å². The SMILES string of the molecule is CCCCC(CN)NS(=O)(=O)CC(C)CC. The topological polar surface area (TPSA) is 72.2 Å². The second-order valence-corrected chi connectivity index (χ2v) is 6.29. The summed E-state index contributed by atoms with van der Waals surface area (Å²) in [7, 11) is -3.16. The Balaban J connectivity index is 4.20. The van der Waals surface area contributed by atoms with Gasteiger partial charge < -0.3 is 5.73 Å². The maximum atomic E-state index is 11.8. The van der Waals surface area contributed by atoms with Crippen LogP contribution in [0.3, 0.4) is 0 Å². The summed E-state index contributed by atoms with van der Waals surface area (Å²) in [6.07, 6.45) is 3.77. The van der Waals surface area contributed by atoms with Crippen molar-refractivity contribution in [1.29, 1.82) is 0 Å². The Labute approximate surface area is 100 Å². The molecule has 2 unspecified atom stereocenters. The van der Waals surface area contributed by atoms with Gasteiger partial charge in [0.1, 0.15) is 0 Å². The first kappa shape index (κ1) is 15.9. The fourth-order valence-electron chi connectivity index (χ4n) is 1.47. The monoisotopic (exact) mass is 250 g/mol. The Morgan fingerprint density at radius 3 is 2.38 bits per heavy atom. The van der Waals surface area contributed by atoms with E-state index in [1.165, 1.54) is 0 Å². The third-order valence-corrected chi connectivity index (χ3v) is 4.44. The lowest BCUT2D eigenvalue weighted by atomic mass is 10.1. The fraction of sp³-hybridized carbons (Fsp3) is 1.00. The van der Waals surface area contributed by atoms with E-state index in [4.69, 9.17) is 5.73 Å². The largest absolute Gasteiger partial charge is 0.329 e. The molecule has 2 atom stereocenters. The molecule has 16 heavy (non-hydrogen) atoms. The third-order valence-electron chi connectivity index (χ3n) is 2.74. The van der Waals surface area contributed by atoms with Crippen molar-refractivity contribution in [2.75, 3.05) is 12.3 Å². The van der Waals surface area contributed by atoms with Gasteiger partial charge in [-0.2, -0.15) is 0 Å². The summed E-state index contributed by atoms with van der Waals surface area (Å²) < 4.78 is 26.2. The van der Waals surface area contributed by atoms with Crippen molar-refractivity contribution in [2.24, 2.45) is 11.7 Å². The van der Waals surface area contributed by atoms with Crippen LogP contribution in [0.2, 0.25) is 0 Å². The Morgan fingerprint density at radius 2 is 1.94 bits per heavy atom. The number of nitrogens with one attached hydrogen (secondary N) is 1. The maximum absolute atomic E-state index is 11.8. The number of hydrogen-bond donors (Lipinski definition) is 2. The van der Waals surface area contributed by atoms with E-state index in [0.29, 0.717) is 6.54 Å². The number of nitrogens with two attached hydrogens (primary N) is 1. The highest BCUT2D eigenvalue weighted by molar-refractivity contribution is 7.89. The number of rotatable bonds is 9. The molecule has 5 heteroatoms. The van der Waals surface area contributed by atoms with Crippen molar-refractivity contribution < 1.29 is 8.42 Å². The van der Waals surface area contributed by atoms with Gasteiger partial charge in [-0.25, -0.2) is 13.1 Å². The molecular formula is C11H26N2O2S. The highest BCUT2D eigenvalue weighted by atomic mass is 32.2. The quantitative estimate of drug-likeness (QED) is 0.651. The van der Waals surface area contributed by atoms with Crippen LogP contribution in [-0.2, 0) is 10.0 Å². The summed E-state index contributed by atoms with van der Waals surface area (Å²) in [6.45, 7) is 6.40. The molecule has 0 aliphatic heterocycles. The standard InChI is InChI=1S/C11H26N2O2S/c1-4-6-7-11(8-12)13-16(14,15)9-10(3)5-2/h10-11,13H,4-9,12H2,1-3H3. The molecule has 0 aromatic rings. The summed E-state index contributed by atoms with van der Waals surface area (Å²) in [5, 5.41) is 0. The van der Waals surface area contributed by atoms with Crippen LogP contribution in [-0.4, -0.2) is 26.8 Å². The number of hydrogen-bond acceptors (Lipinski definition) is 3. The molecule has 3 N–H and O–H groups in total. The molecule has 0 aliphatic rings. The molecule has 0 amide bonds. The highest BCUT2D eigenvalue weighted by Crippen LogP contribution is 2.06. The lowest BCUT2D eigenvalue weighted by Gasteiger charge is -2.18. The zero-order valence-corrected chi connectivity index (χ0v) is 11.5. The Hall–Kier alpha value is -0.130. The van der Waals surface area contributed by atoms with E-state index in [9.17, 15) is 8.42 Å². The third kappa shape index (κ3) is 7.19. The average molecular weight is 250 g/mol. The van der Waals surface area contributed by atoms with E-state index in [2.05, 4.69) is 11.6 Å². The normalized spacial score (nSPS) is 16.0. The van der Waals surface area contributed by atoms with Gasteiger partial charge in [-0.3, -0.25) is 0 Å². The van der Waals surface area contributed by atoms with E-state index < -0.39 is 10.0 Å². The first-order valence-electron chi connectivity index (χ1n) is 6.15. The van der Waals surface area contributed by atoms with Gasteiger partial charge in [0.15, 0.2) is 0 Å². The molecule has 0 radical (unpaired) electrons. The zero-order chi connectivity index (χ0) is 12.6. The smallest absolute Gasteiger partial charge is 0.212 e. The van der Waals surface area contributed by atoms with E-state index in [1.807, 2.05) is 13.8 Å². The van der Waals surface area contributed by atoms with Crippen molar-refractivity contribution in [2.45, 2.75) is 52.5 Å². The Kier molecular flexibility index (Phi) is 7.97. The molecule has 0 rings (SSSR count). The summed E-state index contributed by atoms with van der Waals surface area (Å²) in [5.74, 6) is 0.397. The second kappa shape index (κ2) is 8.03. The summed E-state index contributed by atoms with van der Waals surface area (Å²) in [4.78, 5) is 0. The minimum atomic E-state index is -3.16. The van der Waals surface area contributed by atoms with Crippen LogP contribution in [0.15, 0.2) is 0 Å². The molecule has 0 aromatic heterocycles. The van der Waals surface area contributed by atoms with Gasteiger partial charge in [0, 0.05) is 12.6 Å². The van der Waals surface area contributed by atoms with E-state index >= 15 is 0 Å². The second-order valence-electron chi connectivity index (χ2n) is 4.49. The van der Waals surface area contributed by atoms with Gasteiger partial charge in [-0.1, -0.05) is 40.0 Å². The van der Waals surface area contributed by atoms with Gasteiger partial charge in [-0.05, 0) is 12.3 Å². The molecule has 0 spiro atoms. The van der Waals surface area contributed by atoms with Gasteiger partial charge in [-0.15, -0.1) is 0 Å². The Bertz CT molecular complexity index is 265. The summed E-state index contributed by atoms with van der Waals surface area (Å²) in [5.41, 5.74) is 5.56. The average Bonchev–Trinajstić information content (AvgIpc) is 2.23. The van der Waals surface area contributed by atoms with Crippen LogP contribution in [0.25, 0.3) is 0 Å². The van der Waals surface area contributed by atoms with Crippen LogP contribution in [0.4, 0.5) is 0 Å². The van der Waals surface area contributed by atoms with Crippen molar-refractivity contribution in [3.63, 3.8) is 0 Å². The molecule has 4 nitrogen and oxygen atoms in total. The molecule has 0 aliphatic carbocycles. The van der Waals surface area contributed by atoms with Crippen LogP contribution in [0.5, 0.6) is 0 Å². The lowest BCUT2D eigenvalue weighted by Crippen LogP contribution is -2.42. The predicted molar refractivity (Wildman–Crippen MR) is 68.7 cm³/mol. The van der Waals surface area contributed by atoms with Gasteiger partial charge in [0.2, 0.25) is 10.0 Å². The van der Waals surface area contributed by atoms with Crippen LogP contribution >= 0.6 is 0 Å². The van der Waals surface area contributed by atoms with E-state index in [1.54, 1.807) is 0 Å². The lowest BCUT2D eigenvalue weighted by molar-refractivity contribution is 0.505. The van der Waals surface area contributed by atoms with Crippen LogP contribution in [0, 0.1) is 5.92 Å².